The third-order valence-electron chi connectivity index (χ3n) is 4.86. The van der Waals surface area contributed by atoms with Crippen molar-refractivity contribution in [1.82, 2.24) is 0 Å². The number of carbonyl (C=O) groups excluding carboxylic acids is 1. The minimum absolute atomic E-state index is 0.206. The molecule has 0 radical (unpaired) electrons. The fourth-order valence-corrected chi connectivity index (χ4v) is 3.50. The lowest BCUT2D eigenvalue weighted by Gasteiger charge is -2.11. The second-order valence-corrected chi connectivity index (χ2v) is 6.59. The average molecular weight is 324 g/mol. The number of hydrogen-bond donors (Lipinski definition) is 0. The van der Waals surface area contributed by atoms with Crippen molar-refractivity contribution in [3.63, 3.8) is 0 Å². The van der Waals surface area contributed by atoms with Crippen LogP contribution >= 0.6 is 0 Å². The van der Waals surface area contributed by atoms with Gasteiger partial charge in [-0.15, -0.1) is 0 Å². The van der Waals surface area contributed by atoms with Gasteiger partial charge in [0.2, 0.25) is 0 Å². The van der Waals surface area contributed by atoms with Crippen LogP contribution in [-0.4, -0.2) is 5.78 Å². The molecule has 0 aromatic heterocycles. The normalized spacial score (nSPS) is 11.1. The summed E-state index contributed by atoms with van der Waals surface area (Å²) in [6.45, 7) is 2.04. The fraction of sp³-hybridized carbons (Fsp3) is 0.125. The van der Waals surface area contributed by atoms with Gasteiger partial charge in [0.1, 0.15) is 0 Å². The predicted molar refractivity (Wildman–Crippen MR) is 105 cm³/mol. The topological polar surface area (TPSA) is 17.1 Å². The summed E-state index contributed by atoms with van der Waals surface area (Å²) in [4.78, 5) is 12.6. The van der Waals surface area contributed by atoms with Crippen LogP contribution in [0, 0.1) is 6.92 Å². The molecule has 0 aliphatic heterocycles. The van der Waals surface area contributed by atoms with Gasteiger partial charge in [-0.2, -0.15) is 0 Å². The van der Waals surface area contributed by atoms with Crippen LogP contribution in [0.25, 0.3) is 21.5 Å². The third kappa shape index (κ3) is 3.06. The maximum absolute atomic E-state index is 12.6. The molecule has 4 rings (SSSR count). The van der Waals surface area contributed by atoms with Crippen molar-refractivity contribution >= 4 is 27.3 Å². The van der Waals surface area contributed by atoms with Crippen molar-refractivity contribution in [2.75, 3.05) is 0 Å². The van der Waals surface area contributed by atoms with Crippen LogP contribution in [-0.2, 0) is 6.42 Å². The van der Waals surface area contributed by atoms with E-state index in [2.05, 4.69) is 54.6 Å². The van der Waals surface area contributed by atoms with E-state index in [0.717, 1.165) is 12.0 Å². The summed E-state index contributed by atoms with van der Waals surface area (Å²) in [6.07, 6.45) is 1.29. The Bertz CT molecular complexity index is 1000. The van der Waals surface area contributed by atoms with E-state index in [0.29, 0.717) is 6.42 Å². The van der Waals surface area contributed by atoms with Crippen LogP contribution < -0.4 is 0 Å². The largest absolute Gasteiger partial charge is 0.294 e. The van der Waals surface area contributed by atoms with E-state index in [9.17, 15) is 4.79 Å². The van der Waals surface area contributed by atoms with Crippen LogP contribution in [0.1, 0.15) is 27.9 Å². The molecule has 122 valence electrons. The highest BCUT2D eigenvalue weighted by Crippen LogP contribution is 2.29. The lowest BCUT2D eigenvalue weighted by atomic mass is 9.92. The molecule has 0 heterocycles. The van der Waals surface area contributed by atoms with Gasteiger partial charge in [-0.1, -0.05) is 78.4 Å². The Morgan fingerprint density at radius 2 is 1.32 bits per heavy atom. The Balaban J connectivity index is 1.72. The van der Waals surface area contributed by atoms with Crippen molar-refractivity contribution in [2.24, 2.45) is 0 Å². The first-order valence-corrected chi connectivity index (χ1v) is 8.71. The Hall–Kier alpha value is -2.93. The minimum Gasteiger partial charge on any atom is -0.294 e. The summed E-state index contributed by atoms with van der Waals surface area (Å²) >= 11 is 0. The minimum atomic E-state index is 0.206. The molecule has 0 fully saturated rings. The zero-order chi connectivity index (χ0) is 17.2. The second-order valence-electron chi connectivity index (χ2n) is 6.59. The van der Waals surface area contributed by atoms with Crippen molar-refractivity contribution in [1.29, 1.82) is 0 Å². The molecule has 0 amide bonds. The molecule has 0 aliphatic rings. The molecular weight excluding hydrogens is 304 g/mol. The molecule has 0 N–H and O–H groups in total. The van der Waals surface area contributed by atoms with E-state index >= 15 is 0 Å². The van der Waals surface area contributed by atoms with Crippen LogP contribution in [0.5, 0.6) is 0 Å². The summed E-state index contributed by atoms with van der Waals surface area (Å²) in [5, 5.41) is 4.97. The third-order valence-corrected chi connectivity index (χ3v) is 4.86. The molecule has 1 heteroatoms. The van der Waals surface area contributed by atoms with Gasteiger partial charge in [-0.05, 0) is 46.5 Å². The van der Waals surface area contributed by atoms with Crippen molar-refractivity contribution in [2.45, 2.75) is 19.8 Å². The first-order valence-electron chi connectivity index (χ1n) is 8.71. The number of benzene rings is 4. The zero-order valence-corrected chi connectivity index (χ0v) is 14.3. The Morgan fingerprint density at radius 1 is 0.760 bits per heavy atom. The second kappa shape index (κ2) is 6.52. The quantitative estimate of drug-likeness (QED) is 0.326. The maximum Gasteiger partial charge on any atom is 0.163 e. The first kappa shape index (κ1) is 15.6. The van der Waals surface area contributed by atoms with E-state index in [1.807, 2.05) is 31.2 Å². The molecule has 4 aromatic carbocycles. The molecule has 25 heavy (non-hydrogen) atoms. The predicted octanol–water partition coefficient (Wildman–Crippen LogP) is 6.12. The van der Waals surface area contributed by atoms with E-state index in [1.54, 1.807) is 0 Å². The number of Topliss-reactive ketones (excluding diaryl/α,β-unsaturated/α-hetero) is 1. The highest BCUT2D eigenvalue weighted by atomic mass is 16.1. The summed E-state index contributed by atoms with van der Waals surface area (Å²) in [6, 6.07) is 27.0. The number of hydrogen-bond acceptors (Lipinski definition) is 1. The van der Waals surface area contributed by atoms with Crippen molar-refractivity contribution in [3.05, 3.63) is 95.6 Å². The van der Waals surface area contributed by atoms with Gasteiger partial charge >= 0.3 is 0 Å². The van der Waals surface area contributed by atoms with E-state index in [1.165, 1.54) is 32.7 Å². The summed E-state index contributed by atoms with van der Waals surface area (Å²) in [7, 11) is 0. The van der Waals surface area contributed by atoms with Crippen molar-refractivity contribution < 1.29 is 4.79 Å². The highest BCUT2D eigenvalue weighted by Gasteiger charge is 2.11. The van der Waals surface area contributed by atoms with Crippen LogP contribution in [0.15, 0.2) is 78.9 Å². The molecule has 1 nitrogen and oxygen atoms in total. The molecule has 4 aromatic rings. The number of rotatable bonds is 4. The van der Waals surface area contributed by atoms with E-state index in [4.69, 9.17) is 0 Å². The number of aryl methyl sites for hydroxylation is 2. The Morgan fingerprint density at radius 3 is 1.92 bits per heavy atom. The molecule has 0 spiro atoms. The van der Waals surface area contributed by atoms with Crippen LogP contribution in [0.3, 0.4) is 0 Å². The van der Waals surface area contributed by atoms with E-state index < -0.39 is 0 Å². The molecule has 0 saturated heterocycles. The van der Waals surface area contributed by atoms with Crippen LogP contribution in [0.2, 0.25) is 0 Å². The van der Waals surface area contributed by atoms with Gasteiger partial charge in [-0.3, -0.25) is 4.79 Å². The summed E-state index contributed by atoms with van der Waals surface area (Å²) < 4.78 is 0. The molecule has 0 unspecified atom stereocenters. The molecule has 0 saturated carbocycles. The maximum atomic E-state index is 12.6. The van der Waals surface area contributed by atoms with Gasteiger partial charge < -0.3 is 0 Å². The molecule has 0 bridgehead atoms. The van der Waals surface area contributed by atoms with Gasteiger partial charge in [0.15, 0.2) is 5.78 Å². The Labute approximate surface area is 147 Å². The monoisotopic (exact) mass is 324 g/mol. The standard InChI is InChI=1S/C24H20O/c1-17-10-12-18(13-11-17)24(25)15-14-23-21-8-4-2-6-19(21)16-20-7-3-5-9-22(20)23/h2-13,16H,14-15H2,1H3. The summed E-state index contributed by atoms with van der Waals surface area (Å²) in [5.74, 6) is 0.206. The summed E-state index contributed by atoms with van der Waals surface area (Å²) in [5.41, 5.74) is 3.25. The zero-order valence-electron chi connectivity index (χ0n) is 14.3. The highest BCUT2D eigenvalue weighted by molar-refractivity contribution is 6.03. The lowest BCUT2D eigenvalue weighted by Crippen LogP contribution is -2.02. The SMILES string of the molecule is Cc1ccc(C(=O)CCc2c3ccccc3cc3ccccc23)cc1. The number of ketones is 1. The fourth-order valence-electron chi connectivity index (χ4n) is 3.50. The molecule has 0 aliphatic carbocycles. The van der Waals surface area contributed by atoms with E-state index in [-0.39, 0.29) is 5.78 Å². The molecule has 0 atom stereocenters. The van der Waals surface area contributed by atoms with Gasteiger partial charge in [-0.25, -0.2) is 0 Å². The number of carbonyl (C=O) groups is 1. The number of fused-ring (bicyclic) bond motifs is 2. The van der Waals surface area contributed by atoms with Gasteiger partial charge in [0.25, 0.3) is 0 Å². The first-order chi connectivity index (χ1) is 12.2. The average Bonchev–Trinajstić information content (AvgIpc) is 2.65. The van der Waals surface area contributed by atoms with Crippen molar-refractivity contribution in [3.8, 4) is 0 Å². The molecular formula is C24H20O. The Kier molecular flexibility index (Phi) is 4.07. The smallest absolute Gasteiger partial charge is 0.163 e. The lowest BCUT2D eigenvalue weighted by molar-refractivity contribution is 0.0983. The van der Waals surface area contributed by atoms with Crippen LogP contribution in [0.4, 0.5) is 0 Å². The van der Waals surface area contributed by atoms with Gasteiger partial charge in [0, 0.05) is 12.0 Å². The van der Waals surface area contributed by atoms with Gasteiger partial charge in [0.05, 0.1) is 0 Å².